The van der Waals surface area contributed by atoms with Gasteiger partial charge in [0.2, 0.25) is 0 Å². The van der Waals surface area contributed by atoms with Crippen molar-refractivity contribution in [1.82, 2.24) is 5.32 Å². The molecule has 3 N–H and O–H groups in total. The summed E-state index contributed by atoms with van der Waals surface area (Å²) < 4.78 is 5.10. The summed E-state index contributed by atoms with van der Waals surface area (Å²) in [4.78, 5) is 25.1. The van der Waals surface area contributed by atoms with Gasteiger partial charge < -0.3 is 15.8 Å². The summed E-state index contributed by atoms with van der Waals surface area (Å²) in [5, 5.41) is 2.82. The number of esters is 1. The summed E-state index contributed by atoms with van der Waals surface area (Å²) in [5.74, 6) is -0.487. The number of nitrogens with one attached hydrogen (secondary N) is 1. The molecule has 2 aromatic rings. The van der Waals surface area contributed by atoms with Crippen molar-refractivity contribution in [3.8, 4) is 11.1 Å². The zero-order valence-corrected chi connectivity index (χ0v) is 15.5. The summed E-state index contributed by atoms with van der Waals surface area (Å²) in [5.41, 5.74) is 8.59. The Morgan fingerprint density at radius 1 is 1.12 bits per heavy atom. The van der Waals surface area contributed by atoms with Gasteiger partial charge in [0.05, 0.1) is 6.61 Å². The van der Waals surface area contributed by atoms with E-state index in [1.807, 2.05) is 44.2 Å². The fourth-order valence-corrected chi connectivity index (χ4v) is 2.78. The SMILES string of the molecule is CCOC(=O)[C@H](CC(C)C)NC(=O)c1ccc(N)cc1-c1ccccc1. The van der Waals surface area contributed by atoms with Crippen molar-refractivity contribution < 1.29 is 14.3 Å². The van der Waals surface area contributed by atoms with Crippen LogP contribution in [0.5, 0.6) is 0 Å². The first-order chi connectivity index (χ1) is 12.4. The molecule has 0 saturated heterocycles. The predicted molar refractivity (Wildman–Crippen MR) is 104 cm³/mol. The van der Waals surface area contributed by atoms with Crippen LogP contribution in [0.15, 0.2) is 48.5 Å². The van der Waals surface area contributed by atoms with Crippen molar-refractivity contribution in [3.63, 3.8) is 0 Å². The third kappa shape index (κ3) is 5.09. The number of anilines is 1. The van der Waals surface area contributed by atoms with Gasteiger partial charge in [0.25, 0.3) is 5.91 Å². The minimum absolute atomic E-state index is 0.240. The van der Waals surface area contributed by atoms with Crippen LogP contribution in [-0.2, 0) is 9.53 Å². The lowest BCUT2D eigenvalue weighted by Gasteiger charge is -2.20. The smallest absolute Gasteiger partial charge is 0.328 e. The van der Waals surface area contributed by atoms with E-state index in [-0.39, 0.29) is 18.4 Å². The minimum Gasteiger partial charge on any atom is -0.464 e. The number of nitrogens with two attached hydrogens (primary N) is 1. The predicted octanol–water partition coefficient (Wildman–Crippen LogP) is 3.64. The Hall–Kier alpha value is -2.82. The molecule has 0 fully saturated rings. The second-order valence-electron chi connectivity index (χ2n) is 6.58. The van der Waals surface area contributed by atoms with Gasteiger partial charge in [0.1, 0.15) is 6.04 Å². The van der Waals surface area contributed by atoms with Gasteiger partial charge in [-0.05, 0) is 48.6 Å². The monoisotopic (exact) mass is 354 g/mol. The minimum atomic E-state index is -0.677. The molecular weight excluding hydrogens is 328 g/mol. The summed E-state index contributed by atoms with van der Waals surface area (Å²) in [7, 11) is 0. The first kappa shape index (κ1) is 19.5. The van der Waals surface area contributed by atoms with Crippen LogP contribution in [0.2, 0.25) is 0 Å². The Morgan fingerprint density at radius 2 is 1.81 bits per heavy atom. The summed E-state index contributed by atoms with van der Waals surface area (Å²) in [6, 6.07) is 14.0. The van der Waals surface area contributed by atoms with Crippen LogP contribution >= 0.6 is 0 Å². The molecule has 5 heteroatoms. The van der Waals surface area contributed by atoms with Gasteiger partial charge in [-0.25, -0.2) is 4.79 Å². The van der Waals surface area contributed by atoms with Gasteiger partial charge in [0, 0.05) is 11.3 Å². The molecule has 0 heterocycles. The molecule has 2 aromatic carbocycles. The largest absolute Gasteiger partial charge is 0.464 e. The van der Waals surface area contributed by atoms with Gasteiger partial charge >= 0.3 is 5.97 Å². The van der Waals surface area contributed by atoms with Gasteiger partial charge in [-0.3, -0.25) is 4.79 Å². The van der Waals surface area contributed by atoms with Gasteiger partial charge in [-0.2, -0.15) is 0 Å². The highest BCUT2D eigenvalue weighted by molar-refractivity contribution is 6.03. The Morgan fingerprint density at radius 3 is 2.42 bits per heavy atom. The van der Waals surface area contributed by atoms with Gasteiger partial charge in [-0.1, -0.05) is 44.2 Å². The van der Waals surface area contributed by atoms with Crippen LogP contribution in [0, 0.1) is 5.92 Å². The molecule has 0 aliphatic carbocycles. The fraction of sp³-hybridized carbons (Fsp3) is 0.333. The Labute approximate surface area is 154 Å². The Kier molecular flexibility index (Phi) is 6.78. The average molecular weight is 354 g/mol. The topological polar surface area (TPSA) is 81.4 Å². The highest BCUT2D eigenvalue weighted by Crippen LogP contribution is 2.26. The highest BCUT2D eigenvalue weighted by atomic mass is 16.5. The van der Waals surface area contributed by atoms with E-state index in [1.54, 1.807) is 25.1 Å². The molecule has 1 atom stereocenters. The van der Waals surface area contributed by atoms with Crippen LogP contribution < -0.4 is 11.1 Å². The van der Waals surface area contributed by atoms with Crippen LogP contribution in [-0.4, -0.2) is 24.5 Å². The number of nitrogen functional groups attached to an aromatic ring is 1. The van der Waals surface area contributed by atoms with Crippen molar-refractivity contribution in [2.24, 2.45) is 5.92 Å². The zero-order valence-electron chi connectivity index (χ0n) is 15.5. The maximum atomic E-state index is 12.9. The van der Waals surface area contributed by atoms with Crippen LogP contribution in [0.4, 0.5) is 5.69 Å². The lowest BCUT2D eigenvalue weighted by Crippen LogP contribution is -2.42. The third-order valence-corrected chi connectivity index (χ3v) is 3.96. The number of amides is 1. The molecule has 2 rings (SSSR count). The standard InChI is InChI=1S/C21H26N2O3/c1-4-26-21(25)19(12-14(2)3)23-20(24)17-11-10-16(22)13-18(17)15-8-6-5-7-9-15/h5-11,13-14,19H,4,12,22H2,1-3H3,(H,23,24)/t19-/m0/s1. The molecule has 0 spiro atoms. The molecule has 138 valence electrons. The molecule has 0 saturated carbocycles. The number of rotatable bonds is 7. The van der Waals surface area contributed by atoms with Crippen molar-refractivity contribution in [1.29, 1.82) is 0 Å². The highest BCUT2D eigenvalue weighted by Gasteiger charge is 2.25. The Bertz CT molecular complexity index is 757. The number of hydrogen-bond donors (Lipinski definition) is 2. The van der Waals surface area contributed by atoms with Gasteiger partial charge in [0.15, 0.2) is 0 Å². The van der Waals surface area contributed by atoms with E-state index in [2.05, 4.69) is 5.32 Å². The number of benzene rings is 2. The van der Waals surface area contributed by atoms with E-state index in [4.69, 9.17) is 10.5 Å². The molecule has 0 aromatic heterocycles. The van der Waals surface area contributed by atoms with E-state index in [0.717, 1.165) is 11.1 Å². The lowest BCUT2D eigenvalue weighted by atomic mass is 9.97. The maximum Gasteiger partial charge on any atom is 0.328 e. The summed E-state index contributed by atoms with van der Waals surface area (Å²) >= 11 is 0. The van der Waals surface area contributed by atoms with Crippen LogP contribution in [0.25, 0.3) is 11.1 Å². The molecule has 0 unspecified atom stereocenters. The molecule has 0 aliphatic heterocycles. The van der Waals surface area contributed by atoms with Crippen molar-refractivity contribution in [2.75, 3.05) is 12.3 Å². The average Bonchev–Trinajstić information content (AvgIpc) is 2.61. The maximum absolute atomic E-state index is 12.9. The second-order valence-corrected chi connectivity index (χ2v) is 6.58. The van der Waals surface area contributed by atoms with Crippen molar-refractivity contribution in [2.45, 2.75) is 33.2 Å². The molecular formula is C21H26N2O3. The number of ether oxygens (including phenoxy) is 1. The van der Waals surface area contributed by atoms with Crippen LogP contribution in [0.1, 0.15) is 37.6 Å². The van der Waals surface area contributed by atoms with Crippen molar-refractivity contribution >= 4 is 17.6 Å². The molecule has 0 aliphatic rings. The van der Waals surface area contributed by atoms with Crippen molar-refractivity contribution in [3.05, 3.63) is 54.1 Å². The molecule has 26 heavy (non-hydrogen) atoms. The first-order valence-electron chi connectivity index (χ1n) is 8.84. The molecule has 5 nitrogen and oxygen atoms in total. The van der Waals surface area contributed by atoms with E-state index >= 15 is 0 Å². The number of carbonyl (C=O) groups is 2. The zero-order chi connectivity index (χ0) is 19.1. The number of hydrogen-bond acceptors (Lipinski definition) is 4. The second kappa shape index (κ2) is 9.04. The van der Waals surface area contributed by atoms with Gasteiger partial charge in [-0.15, -0.1) is 0 Å². The first-order valence-corrected chi connectivity index (χ1v) is 8.84. The number of carbonyl (C=O) groups excluding carboxylic acids is 2. The summed E-state index contributed by atoms with van der Waals surface area (Å²) in [6.45, 7) is 6.02. The fourth-order valence-electron chi connectivity index (χ4n) is 2.78. The van der Waals surface area contributed by atoms with E-state index in [1.165, 1.54) is 0 Å². The lowest BCUT2D eigenvalue weighted by molar-refractivity contribution is -0.145. The van der Waals surface area contributed by atoms with E-state index in [0.29, 0.717) is 17.7 Å². The molecule has 1 amide bonds. The quantitative estimate of drug-likeness (QED) is 0.587. The molecule has 0 bridgehead atoms. The van der Waals surface area contributed by atoms with E-state index < -0.39 is 12.0 Å². The molecule has 0 radical (unpaired) electrons. The van der Waals surface area contributed by atoms with E-state index in [9.17, 15) is 9.59 Å². The summed E-state index contributed by atoms with van der Waals surface area (Å²) in [6.07, 6.45) is 0.514. The Balaban J connectivity index is 2.32. The normalized spacial score (nSPS) is 11.8. The third-order valence-electron chi connectivity index (χ3n) is 3.96. The van der Waals surface area contributed by atoms with Crippen LogP contribution in [0.3, 0.4) is 0 Å².